The molecule has 30 heavy (non-hydrogen) atoms. The average Bonchev–Trinajstić information content (AvgIpc) is 2.66. The van der Waals surface area contributed by atoms with Crippen molar-refractivity contribution in [1.29, 1.82) is 0 Å². The maximum Gasteiger partial charge on any atom is 0.273 e. The number of carbonyl (C=O) groups is 1. The van der Waals surface area contributed by atoms with Gasteiger partial charge in [-0.05, 0) is 47.1 Å². The zero-order valence-electron chi connectivity index (χ0n) is 15.3. The van der Waals surface area contributed by atoms with Crippen LogP contribution >= 0.6 is 15.9 Å². The Bertz CT molecular complexity index is 1200. The van der Waals surface area contributed by atoms with Gasteiger partial charge in [-0.15, -0.1) is 0 Å². The van der Waals surface area contributed by atoms with Gasteiger partial charge >= 0.3 is 0 Å². The monoisotopic (exact) mass is 484 g/mol. The number of hydrogen-bond acceptors (Lipinski definition) is 3. The van der Waals surface area contributed by atoms with Gasteiger partial charge in [0, 0.05) is 29.0 Å². The quantitative estimate of drug-likeness (QED) is 0.553. The summed E-state index contributed by atoms with van der Waals surface area (Å²) in [6.45, 7) is 1.09. The Hall–Kier alpha value is -3.14. The summed E-state index contributed by atoms with van der Waals surface area (Å²) in [5, 5.41) is 0. The lowest BCUT2D eigenvalue weighted by Gasteiger charge is -2.16. The van der Waals surface area contributed by atoms with Crippen molar-refractivity contribution in [2.24, 2.45) is 5.73 Å². The summed E-state index contributed by atoms with van der Waals surface area (Å²) >= 11 is 3.02. The minimum atomic E-state index is -1.16. The summed E-state index contributed by atoms with van der Waals surface area (Å²) in [6, 6.07) is 5.70. The second-order valence-electron chi connectivity index (χ2n) is 6.28. The normalized spacial score (nSPS) is 10.9. The van der Waals surface area contributed by atoms with Crippen LogP contribution in [0.15, 0.2) is 45.7 Å². The Morgan fingerprint density at radius 3 is 2.27 bits per heavy atom. The van der Waals surface area contributed by atoms with E-state index in [4.69, 9.17) is 10.5 Å². The maximum atomic E-state index is 14.5. The summed E-state index contributed by atoms with van der Waals surface area (Å²) in [4.78, 5) is 23.9. The van der Waals surface area contributed by atoms with E-state index in [0.29, 0.717) is 6.07 Å². The van der Waals surface area contributed by atoms with Gasteiger partial charge in [-0.25, -0.2) is 17.6 Å². The Balaban J connectivity index is 2.02. The number of rotatable bonds is 5. The molecule has 5 nitrogen and oxygen atoms in total. The molecule has 0 atom stereocenters. The molecule has 2 N–H and O–H groups in total. The highest BCUT2D eigenvalue weighted by molar-refractivity contribution is 9.10. The van der Waals surface area contributed by atoms with Crippen LogP contribution < -0.4 is 16.0 Å². The van der Waals surface area contributed by atoms with Crippen LogP contribution in [-0.4, -0.2) is 10.5 Å². The summed E-state index contributed by atoms with van der Waals surface area (Å²) in [5.41, 5.74) is 3.24. The number of primary amides is 1. The molecule has 1 aromatic heterocycles. The number of nitrogens with zero attached hydrogens (tertiary/aromatic N) is 1. The number of ether oxygens (including phenoxy) is 1. The molecular formula is C20H13BrF4N2O3. The summed E-state index contributed by atoms with van der Waals surface area (Å²) in [7, 11) is 0. The van der Waals surface area contributed by atoms with E-state index in [1.54, 1.807) is 0 Å². The fourth-order valence-corrected chi connectivity index (χ4v) is 3.19. The third-order valence-corrected chi connectivity index (χ3v) is 4.95. The Labute approximate surface area is 175 Å². The van der Waals surface area contributed by atoms with Crippen molar-refractivity contribution in [2.75, 3.05) is 0 Å². The van der Waals surface area contributed by atoms with Gasteiger partial charge in [0.1, 0.15) is 34.2 Å². The van der Waals surface area contributed by atoms with Crippen molar-refractivity contribution in [3.05, 3.63) is 91.3 Å². The van der Waals surface area contributed by atoms with Crippen LogP contribution in [0.5, 0.6) is 5.75 Å². The van der Waals surface area contributed by atoms with Crippen LogP contribution in [0.1, 0.15) is 21.6 Å². The molecule has 156 valence electrons. The zero-order chi connectivity index (χ0) is 22.2. The third kappa shape index (κ3) is 4.09. The number of benzene rings is 2. The molecule has 0 aliphatic heterocycles. The van der Waals surface area contributed by atoms with Gasteiger partial charge in [-0.1, -0.05) is 0 Å². The van der Waals surface area contributed by atoms with Gasteiger partial charge in [0.25, 0.3) is 5.56 Å². The van der Waals surface area contributed by atoms with Gasteiger partial charge in [0.2, 0.25) is 5.91 Å². The standard InChI is InChI=1S/C20H13BrF4N2O3/c1-9-4-16(30-8-10-2-3-12(22)7-13(10)23)17(21)20(29)27(9)18-14(24)5-11(19(26)28)6-15(18)25/h2-7H,8H2,1H3,(H2,26,28). The molecule has 0 unspecified atom stereocenters. The minimum Gasteiger partial charge on any atom is -0.487 e. The van der Waals surface area contributed by atoms with Crippen LogP contribution in [0, 0.1) is 30.2 Å². The molecule has 0 aliphatic carbocycles. The van der Waals surface area contributed by atoms with Crippen LogP contribution in [0.4, 0.5) is 17.6 Å². The first kappa shape index (κ1) is 21.6. The first-order valence-corrected chi connectivity index (χ1v) is 9.17. The van der Waals surface area contributed by atoms with Gasteiger partial charge < -0.3 is 10.5 Å². The molecule has 0 bridgehead atoms. The number of hydrogen-bond donors (Lipinski definition) is 1. The molecular weight excluding hydrogens is 472 g/mol. The Kier molecular flexibility index (Phi) is 5.97. The van der Waals surface area contributed by atoms with Crippen LogP contribution in [0.3, 0.4) is 0 Å². The molecule has 0 spiro atoms. The molecule has 3 rings (SSSR count). The smallest absolute Gasteiger partial charge is 0.273 e. The van der Waals surface area contributed by atoms with Crippen LogP contribution in [-0.2, 0) is 6.61 Å². The van der Waals surface area contributed by atoms with E-state index >= 15 is 0 Å². The SMILES string of the molecule is Cc1cc(OCc2ccc(F)cc2F)c(Br)c(=O)n1-c1c(F)cc(C(N)=O)cc1F. The van der Waals surface area contributed by atoms with E-state index in [-0.39, 0.29) is 33.6 Å². The number of carbonyl (C=O) groups excluding carboxylic acids is 1. The highest BCUT2D eigenvalue weighted by Crippen LogP contribution is 2.27. The zero-order valence-corrected chi connectivity index (χ0v) is 16.9. The van der Waals surface area contributed by atoms with Crippen molar-refractivity contribution >= 4 is 21.8 Å². The number of aromatic nitrogens is 1. The van der Waals surface area contributed by atoms with E-state index in [9.17, 15) is 27.2 Å². The van der Waals surface area contributed by atoms with Gasteiger partial charge in [0.15, 0.2) is 11.6 Å². The Morgan fingerprint density at radius 1 is 1.07 bits per heavy atom. The lowest BCUT2D eigenvalue weighted by molar-refractivity contribution is 0.0999. The van der Waals surface area contributed by atoms with E-state index < -0.39 is 40.4 Å². The highest BCUT2D eigenvalue weighted by Gasteiger charge is 2.21. The lowest BCUT2D eigenvalue weighted by Crippen LogP contribution is -2.24. The number of aryl methyl sites for hydroxylation is 1. The first-order chi connectivity index (χ1) is 14.1. The van der Waals surface area contributed by atoms with Crippen molar-refractivity contribution in [1.82, 2.24) is 4.57 Å². The van der Waals surface area contributed by atoms with Crippen molar-refractivity contribution in [3.63, 3.8) is 0 Å². The number of pyridine rings is 1. The van der Waals surface area contributed by atoms with Crippen molar-refractivity contribution in [2.45, 2.75) is 13.5 Å². The number of halogens is 5. The predicted molar refractivity (Wildman–Crippen MR) is 104 cm³/mol. The molecule has 1 amide bonds. The van der Waals surface area contributed by atoms with Gasteiger partial charge in [-0.2, -0.15) is 0 Å². The average molecular weight is 485 g/mol. The molecule has 0 radical (unpaired) electrons. The van der Waals surface area contributed by atoms with Gasteiger partial charge in [-0.3, -0.25) is 14.2 Å². The van der Waals surface area contributed by atoms with E-state index in [1.807, 2.05) is 0 Å². The highest BCUT2D eigenvalue weighted by atomic mass is 79.9. The van der Waals surface area contributed by atoms with Crippen LogP contribution in [0.25, 0.3) is 5.69 Å². The molecule has 10 heteroatoms. The third-order valence-electron chi connectivity index (χ3n) is 4.22. The summed E-state index contributed by atoms with van der Waals surface area (Å²) < 4.78 is 61.7. The lowest BCUT2D eigenvalue weighted by atomic mass is 10.1. The van der Waals surface area contributed by atoms with Crippen LogP contribution in [0.2, 0.25) is 0 Å². The summed E-state index contributed by atoms with van der Waals surface area (Å²) in [5.74, 6) is -4.93. The van der Waals surface area contributed by atoms with Crippen molar-refractivity contribution < 1.29 is 27.1 Å². The number of nitrogens with two attached hydrogens (primary N) is 1. The number of amides is 1. The molecule has 3 aromatic rings. The first-order valence-electron chi connectivity index (χ1n) is 8.38. The van der Waals surface area contributed by atoms with Gasteiger partial charge in [0.05, 0.1) is 0 Å². The minimum absolute atomic E-state index is 0.00736. The fraction of sp³-hybridized carbons (Fsp3) is 0.100. The Morgan fingerprint density at radius 2 is 1.70 bits per heavy atom. The van der Waals surface area contributed by atoms with E-state index in [1.165, 1.54) is 19.1 Å². The summed E-state index contributed by atoms with van der Waals surface area (Å²) in [6.07, 6.45) is 0. The molecule has 0 saturated heterocycles. The van der Waals surface area contributed by atoms with Crippen molar-refractivity contribution in [3.8, 4) is 11.4 Å². The second kappa shape index (κ2) is 8.31. The largest absolute Gasteiger partial charge is 0.487 e. The molecule has 1 heterocycles. The topological polar surface area (TPSA) is 74.3 Å². The fourth-order valence-electron chi connectivity index (χ4n) is 2.78. The molecule has 0 saturated carbocycles. The molecule has 0 fully saturated rings. The predicted octanol–water partition coefficient (Wildman–Crippen LogP) is 4.14. The van der Waals surface area contributed by atoms with E-state index in [0.717, 1.165) is 22.8 Å². The molecule has 2 aromatic carbocycles. The van der Waals surface area contributed by atoms with E-state index in [2.05, 4.69) is 15.9 Å². The maximum absolute atomic E-state index is 14.5. The molecule has 0 aliphatic rings. The second-order valence-corrected chi connectivity index (χ2v) is 7.07.